The number of halogens is 1. The van der Waals surface area contributed by atoms with Gasteiger partial charge in [0.1, 0.15) is 5.75 Å². The maximum Gasteiger partial charge on any atom is 0.191 e. The van der Waals surface area contributed by atoms with Crippen molar-refractivity contribution < 1.29 is 4.74 Å². The molecule has 1 heterocycles. The average Bonchev–Trinajstić information content (AvgIpc) is 3.05. The summed E-state index contributed by atoms with van der Waals surface area (Å²) < 4.78 is 7.63. The molecule has 1 aromatic carbocycles. The fourth-order valence-corrected chi connectivity index (χ4v) is 2.64. The normalized spacial score (nSPS) is 11.9. The van der Waals surface area contributed by atoms with E-state index in [2.05, 4.69) is 72.7 Å². The third kappa shape index (κ3) is 7.33. The van der Waals surface area contributed by atoms with Crippen molar-refractivity contribution in [3.05, 3.63) is 47.8 Å². The zero-order valence-electron chi connectivity index (χ0n) is 17.8. The van der Waals surface area contributed by atoms with Crippen LogP contribution in [0.25, 0.3) is 0 Å². The van der Waals surface area contributed by atoms with E-state index in [1.54, 1.807) is 13.2 Å². The largest absolute Gasteiger partial charge is 0.493 e. The van der Waals surface area contributed by atoms with E-state index in [9.17, 15) is 0 Å². The topological polar surface area (TPSA) is 63.5 Å². The summed E-state index contributed by atoms with van der Waals surface area (Å²) in [5.74, 6) is 2.22. The second kappa shape index (κ2) is 11.3. The maximum atomic E-state index is 5.78. The molecule has 0 fully saturated rings. The summed E-state index contributed by atoms with van der Waals surface area (Å²) in [5.41, 5.74) is 2.32. The van der Waals surface area contributed by atoms with Crippen LogP contribution in [0.2, 0.25) is 0 Å². The van der Waals surface area contributed by atoms with E-state index in [0.717, 1.165) is 30.6 Å². The molecule has 0 aliphatic rings. The molecule has 0 spiro atoms. The SMILES string of the molecule is CN=C(NCc1ccnn1C)NCC(C)(C)c1ccc(OCC(C)C)cc1.I. The molecule has 0 unspecified atom stereocenters. The van der Waals surface area contributed by atoms with Crippen LogP contribution in [0.15, 0.2) is 41.5 Å². The number of hydrogen-bond acceptors (Lipinski definition) is 3. The van der Waals surface area contributed by atoms with Gasteiger partial charge in [-0.25, -0.2) is 0 Å². The van der Waals surface area contributed by atoms with E-state index in [-0.39, 0.29) is 29.4 Å². The third-order valence-corrected chi connectivity index (χ3v) is 4.50. The highest BCUT2D eigenvalue weighted by molar-refractivity contribution is 14.0. The minimum absolute atomic E-state index is 0. The van der Waals surface area contributed by atoms with Crippen molar-refractivity contribution in [3.63, 3.8) is 0 Å². The highest BCUT2D eigenvalue weighted by Gasteiger charge is 2.21. The summed E-state index contributed by atoms with van der Waals surface area (Å²) in [5, 5.41) is 10.9. The van der Waals surface area contributed by atoms with Crippen molar-refractivity contribution in [2.45, 2.75) is 39.7 Å². The van der Waals surface area contributed by atoms with E-state index in [1.807, 2.05) is 17.8 Å². The van der Waals surface area contributed by atoms with Gasteiger partial charge < -0.3 is 15.4 Å². The molecule has 0 aliphatic heterocycles. The molecule has 6 nitrogen and oxygen atoms in total. The van der Waals surface area contributed by atoms with Gasteiger partial charge in [0, 0.05) is 32.3 Å². The number of nitrogens with one attached hydrogen (secondary N) is 2. The monoisotopic (exact) mass is 499 g/mol. The summed E-state index contributed by atoms with van der Waals surface area (Å²) in [6.45, 7) is 10.9. The predicted molar refractivity (Wildman–Crippen MR) is 127 cm³/mol. The van der Waals surface area contributed by atoms with Gasteiger partial charge in [-0.2, -0.15) is 5.10 Å². The first kappa shape index (κ1) is 24.3. The van der Waals surface area contributed by atoms with Gasteiger partial charge in [0.25, 0.3) is 0 Å². The number of aromatic nitrogens is 2. The van der Waals surface area contributed by atoms with Gasteiger partial charge in [0.05, 0.1) is 18.8 Å². The lowest BCUT2D eigenvalue weighted by atomic mass is 9.84. The molecule has 2 rings (SSSR count). The molecule has 0 radical (unpaired) electrons. The van der Waals surface area contributed by atoms with Crippen LogP contribution in [0.4, 0.5) is 0 Å². The van der Waals surface area contributed by atoms with Gasteiger partial charge in [-0.05, 0) is 29.7 Å². The molecule has 1 aromatic heterocycles. The van der Waals surface area contributed by atoms with E-state index in [1.165, 1.54) is 5.56 Å². The molecule has 28 heavy (non-hydrogen) atoms. The van der Waals surface area contributed by atoms with Crippen LogP contribution in [-0.2, 0) is 19.0 Å². The van der Waals surface area contributed by atoms with Crippen LogP contribution in [-0.4, -0.2) is 35.9 Å². The molecule has 7 heteroatoms. The van der Waals surface area contributed by atoms with Crippen molar-refractivity contribution in [2.75, 3.05) is 20.2 Å². The number of nitrogens with zero attached hydrogens (tertiary/aromatic N) is 3. The number of rotatable bonds is 8. The zero-order valence-corrected chi connectivity index (χ0v) is 20.2. The van der Waals surface area contributed by atoms with Crippen LogP contribution < -0.4 is 15.4 Å². The first-order chi connectivity index (χ1) is 12.8. The number of hydrogen-bond donors (Lipinski definition) is 2. The number of guanidine groups is 1. The standard InChI is InChI=1S/C21H33N5O.HI/c1-16(2)14-27-19-9-7-17(8-10-19)21(3,4)15-24-20(22-5)23-13-18-11-12-25-26(18)6;/h7-12,16H,13-15H2,1-6H3,(H2,22,23,24);1H. The Morgan fingerprint density at radius 1 is 1.18 bits per heavy atom. The van der Waals surface area contributed by atoms with Crippen LogP contribution in [0, 0.1) is 5.92 Å². The lowest BCUT2D eigenvalue weighted by Gasteiger charge is -2.27. The van der Waals surface area contributed by atoms with Crippen LogP contribution in [0.1, 0.15) is 39.0 Å². The number of aryl methyl sites for hydroxylation is 1. The predicted octanol–water partition coefficient (Wildman–Crippen LogP) is 3.72. The van der Waals surface area contributed by atoms with Gasteiger partial charge >= 0.3 is 0 Å². The molecule has 2 aromatic rings. The van der Waals surface area contributed by atoms with E-state index in [0.29, 0.717) is 12.5 Å². The molecular formula is C21H34IN5O. The fourth-order valence-electron chi connectivity index (χ4n) is 2.64. The van der Waals surface area contributed by atoms with Crippen LogP contribution in [0.5, 0.6) is 5.75 Å². The Hall–Kier alpha value is -1.77. The Kier molecular flexibility index (Phi) is 9.78. The molecule has 0 aliphatic carbocycles. The van der Waals surface area contributed by atoms with Gasteiger partial charge in [0.2, 0.25) is 0 Å². The van der Waals surface area contributed by atoms with Crippen molar-refractivity contribution in [1.82, 2.24) is 20.4 Å². The van der Waals surface area contributed by atoms with Gasteiger partial charge in [0.15, 0.2) is 5.96 Å². The highest BCUT2D eigenvalue weighted by atomic mass is 127. The lowest BCUT2D eigenvalue weighted by molar-refractivity contribution is 0.271. The van der Waals surface area contributed by atoms with Crippen molar-refractivity contribution in [1.29, 1.82) is 0 Å². The van der Waals surface area contributed by atoms with Crippen LogP contribution in [0.3, 0.4) is 0 Å². The first-order valence-corrected chi connectivity index (χ1v) is 9.46. The first-order valence-electron chi connectivity index (χ1n) is 9.46. The zero-order chi connectivity index (χ0) is 19.9. The molecule has 156 valence electrons. The molecule has 2 N–H and O–H groups in total. The average molecular weight is 499 g/mol. The Bertz CT molecular complexity index is 738. The summed E-state index contributed by atoms with van der Waals surface area (Å²) in [6, 6.07) is 10.4. The van der Waals surface area contributed by atoms with E-state index < -0.39 is 0 Å². The highest BCUT2D eigenvalue weighted by Crippen LogP contribution is 2.24. The van der Waals surface area contributed by atoms with Crippen molar-refractivity contribution >= 4 is 29.9 Å². The van der Waals surface area contributed by atoms with E-state index >= 15 is 0 Å². The molecule has 0 saturated heterocycles. The second-order valence-electron chi connectivity index (χ2n) is 7.84. The summed E-state index contributed by atoms with van der Waals surface area (Å²) in [4.78, 5) is 4.31. The Morgan fingerprint density at radius 2 is 1.86 bits per heavy atom. The molecule has 0 saturated carbocycles. The van der Waals surface area contributed by atoms with Crippen molar-refractivity contribution in [3.8, 4) is 5.75 Å². The lowest BCUT2D eigenvalue weighted by Crippen LogP contribution is -2.43. The summed E-state index contributed by atoms with van der Waals surface area (Å²) in [6.07, 6.45) is 1.80. The van der Waals surface area contributed by atoms with Gasteiger partial charge in [-0.1, -0.05) is 39.8 Å². The Balaban J connectivity index is 0.00000392. The molecule has 0 atom stereocenters. The second-order valence-corrected chi connectivity index (χ2v) is 7.84. The molecule has 0 bridgehead atoms. The van der Waals surface area contributed by atoms with Gasteiger partial charge in [-0.3, -0.25) is 9.67 Å². The summed E-state index contributed by atoms with van der Waals surface area (Å²) >= 11 is 0. The molecular weight excluding hydrogens is 465 g/mol. The quantitative estimate of drug-likeness (QED) is 0.330. The maximum absolute atomic E-state index is 5.78. The number of benzene rings is 1. The fraction of sp³-hybridized carbons (Fsp3) is 0.524. The van der Waals surface area contributed by atoms with Crippen LogP contribution >= 0.6 is 24.0 Å². The Labute approximate surface area is 186 Å². The number of aliphatic imine (C=N–C) groups is 1. The minimum Gasteiger partial charge on any atom is -0.493 e. The smallest absolute Gasteiger partial charge is 0.191 e. The Morgan fingerprint density at radius 3 is 2.39 bits per heavy atom. The molecule has 0 amide bonds. The van der Waals surface area contributed by atoms with Crippen molar-refractivity contribution in [2.24, 2.45) is 18.0 Å². The van der Waals surface area contributed by atoms with E-state index in [4.69, 9.17) is 4.74 Å². The number of ether oxygens (including phenoxy) is 1. The minimum atomic E-state index is -0.0409. The van der Waals surface area contributed by atoms with Gasteiger partial charge in [-0.15, -0.1) is 24.0 Å². The third-order valence-electron chi connectivity index (χ3n) is 4.50. The summed E-state index contributed by atoms with van der Waals surface area (Å²) in [7, 11) is 3.72.